The summed E-state index contributed by atoms with van der Waals surface area (Å²) >= 11 is 5.79. The highest BCUT2D eigenvalue weighted by Crippen LogP contribution is 2.22. The van der Waals surface area contributed by atoms with E-state index in [1.54, 1.807) is 19.2 Å². The Labute approximate surface area is 161 Å². The number of imidazole rings is 1. The van der Waals surface area contributed by atoms with Gasteiger partial charge in [-0.25, -0.2) is 13.4 Å². The van der Waals surface area contributed by atoms with Crippen molar-refractivity contribution in [2.24, 2.45) is 7.05 Å². The fourth-order valence-corrected chi connectivity index (χ4v) is 4.46. The molecule has 3 aromatic rings. The summed E-state index contributed by atoms with van der Waals surface area (Å²) in [5.41, 5.74) is 0.429. The first-order chi connectivity index (χ1) is 12.7. The van der Waals surface area contributed by atoms with Crippen LogP contribution in [0.5, 0.6) is 0 Å². The molecule has 1 aromatic heterocycles. The average Bonchev–Trinajstić information content (AvgIpc) is 3.04. The van der Waals surface area contributed by atoms with Crippen molar-refractivity contribution < 1.29 is 16.8 Å². The first-order valence-electron chi connectivity index (χ1n) is 7.55. The number of anilines is 2. The van der Waals surface area contributed by atoms with Gasteiger partial charge < -0.3 is 4.57 Å². The maximum absolute atomic E-state index is 12.5. The van der Waals surface area contributed by atoms with Gasteiger partial charge in [0.1, 0.15) is 0 Å². The fourth-order valence-electron chi connectivity index (χ4n) is 2.19. The summed E-state index contributed by atoms with van der Waals surface area (Å²) in [6.07, 6.45) is 2.69. The van der Waals surface area contributed by atoms with Crippen LogP contribution in [0, 0.1) is 0 Å². The van der Waals surface area contributed by atoms with E-state index in [0.717, 1.165) is 0 Å². The Morgan fingerprint density at radius 2 is 1.59 bits per heavy atom. The van der Waals surface area contributed by atoms with Crippen LogP contribution in [0.15, 0.2) is 71.0 Å². The molecule has 3 rings (SSSR count). The second-order valence-electron chi connectivity index (χ2n) is 5.62. The summed E-state index contributed by atoms with van der Waals surface area (Å²) in [4.78, 5) is 3.69. The molecule has 0 saturated carbocycles. The lowest BCUT2D eigenvalue weighted by molar-refractivity contribution is 0.596. The number of benzene rings is 2. The Morgan fingerprint density at radius 1 is 0.926 bits per heavy atom. The largest absolute Gasteiger partial charge is 0.339 e. The van der Waals surface area contributed by atoms with E-state index in [-0.39, 0.29) is 15.6 Å². The summed E-state index contributed by atoms with van der Waals surface area (Å²) in [6.45, 7) is 0. The van der Waals surface area contributed by atoms with Crippen molar-refractivity contribution >= 4 is 43.0 Å². The third kappa shape index (κ3) is 4.59. The molecular formula is C16H15ClN4O4S2. The molecule has 0 atom stereocenters. The van der Waals surface area contributed by atoms with Crippen LogP contribution in [0.1, 0.15) is 0 Å². The maximum Gasteiger partial charge on any atom is 0.280 e. The van der Waals surface area contributed by atoms with E-state index in [4.69, 9.17) is 11.6 Å². The molecule has 1 heterocycles. The van der Waals surface area contributed by atoms with Gasteiger partial charge in [0, 0.05) is 24.0 Å². The first kappa shape index (κ1) is 19.2. The zero-order valence-corrected chi connectivity index (χ0v) is 16.4. The summed E-state index contributed by atoms with van der Waals surface area (Å²) in [5.74, 6) is 0. The van der Waals surface area contributed by atoms with Crippen molar-refractivity contribution in [2.75, 3.05) is 9.44 Å². The smallest absolute Gasteiger partial charge is 0.280 e. The predicted octanol–water partition coefficient (Wildman–Crippen LogP) is 2.68. The predicted molar refractivity (Wildman–Crippen MR) is 103 cm³/mol. The van der Waals surface area contributed by atoms with Crippen molar-refractivity contribution in [2.45, 2.75) is 9.92 Å². The number of sulfonamides is 2. The van der Waals surface area contributed by atoms with E-state index < -0.39 is 20.0 Å². The third-order valence-corrected chi connectivity index (χ3v) is 6.35. The Bertz CT molecular complexity index is 1170. The molecule has 11 heteroatoms. The van der Waals surface area contributed by atoms with E-state index in [9.17, 15) is 16.8 Å². The van der Waals surface area contributed by atoms with Crippen molar-refractivity contribution in [1.82, 2.24) is 9.55 Å². The van der Waals surface area contributed by atoms with Crippen LogP contribution in [0.2, 0.25) is 5.02 Å². The molecule has 0 unspecified atom stereocenters. The van der Waals surface area contributed by atoms with E-state index in [1.807, 2.05) is 0 Å². The molecule has 0 amide bonds. The van der Waals surface area contributed by atoms with Gasteiger partial charge >= 0.3 is 0 Å². The second-order valence-corrected chi connectivity index (χ2v) is 9.37. The number of nitrogens with one attached hydrogen (secondary N) is 2. The lowest BCUT2D eigenvalue weighted by Gasteiger charge is -2.10. The van der Waals surface area contributed by atoms with E-state index >= 15 is 0 Å². The summed E-state index contributed by atoms with van der Waals surface area (Å²) in [6, 6.07) is 11.6. The van der Waals surface area contributed by atoms with Crippen molar-refractivity contribution in [3.63, 3.8) is 0 Å². The minimum absolute atomic E-state index is 0.0969. The van der Waals surface area contributed by atoms with Crippen molar-refractivity contribution in [1.29, 1.82) is 0 Å². The van der Waals surface area contributed by atoms with Gasteiger partial charge in [-0.15, -0.1) is 0 Å². The average molecular weight is 427 g/mol. The zero-order chi connectivity index (χ0) is 19.7. The van der Waals surface area contributed by atoms with Crippen LogP contribution in [0.4, 0.5) is 11.4 Å². The Kier molecular flexibility index (Phi) is 5.13. The molecule has 0 radical (unpaired) electrons. The first-order valence-corrected chi connectivity index (χ1v) is 10.9. The van der Waals surface area contributed by atoms with Crippen LogP contribution in [0.3, 0.4) is 0 Å². The van der Waals surface area contributed by atoms with Crippen molar-refractivity contribution in [3.8, 4) is 0 Å². The molecule has 27 heavy (non-hydrogen) atoms. The van der Waals surface area contributed by atoms with Gasteiger partial charge in [0.25, 0.3) is 20.0 Å². The number of aromatic nitrogens is 2. The van der Waals surface area contributed by atoms with Crippen LogP contribution >= 0.6 is 11.6 Å². The SMILES string of the molecule is Cn1cnc(S(=O)(=O)Nc2cccc(S(=O)(=O)Nc3ccc(Cl)cc3)c2)c1. The van der Waals surface area contributed by atoms with Gasteiger partial charge in [-0.05, 0) is 42.5 Å². The monoisotopic (exact) mass is 426 g/mol. The van der Waals surface area contributed by atoms with Crippen LogP contribution < -0.4 is 9.44 Å². The quantitative estimate of drug-likeness (QED) is 0.629. The molecule has 2 aromatic carbocycles. The summed E-state index contributed by atoms with van der Waals surface area (Å²) < 4.78 is 56.0. The molecule has 0 aliphatic rings. The minimum atomic E-state index is -3.93. The van der Waals surface area contributed by atoms with Crippen LogP contribution in [-0.2, 0) is 27.1 Å². The lowest BCUT2D eigenvalue weighted by atomic mass is 10.3. The third-order valence-electron chi connectivity index (χ3n) is 3.45. The Hall–Kier alpha value is -2.56. The number of aryl methyl sites for hydroxylation is 1. The highest BCUT2D eigenvalue weighted by Gasteiger charge is 2.19. The minimum Gasteiger partial charge on any atom is -0.339 e. The zero-order valence-electron chi connectivity index (χ0n) is 14.0. The number of hydrogen-bond acceptors (Lipinski definition) is 5. The number of hydrogen-bond donors (Lipinski definition) is 2. The van der Waals surface area contributed by atoms with E-state index in [0.29, 0.717) is 10.7 Å². The Balaban J connectivity index is 1.85. The molecule has 142 valence electrons. The number of nitrogens with zero attached hydrogens (tertiary/aromatic N) is 2. The van der Waals surface area contributed by atoms with E-state index in [1.165, 1.54) is 53.5 Å². The van der Waals surface area contributed by atoms with Crippen LogP contribution in [-0.4, -0.2) is 26.4 Å². The highest BCUT2D eigenvalue weighted by molar-refractivity contribution is 7.93. The standard InChI is InChI=1S/C16H15ClN4O4S2/c1-21-10-16(18-11-21)27(24,25)20-14-3-2-4-15(9-14)26(22,23)19-13-7-5-12(17)6-8-13/h2-11,19-20H,1H3. The molecule has 0 saturated heterocycles. The topological polar surface area (TPSA) is 110 Å². The van der Waals surface area contributed by atoms with Crippen molar-refractivity contribution in [3.05, 3.63) is 66.1 Å². The van der Waals surface area contributed by atoms with Gasteiger partial charge in [-0.1, -0.05) is 17.7 Å². The van der Waals surface area contributed by atoms with Gasteiger partial charge in [0.2, 0.25) is 0 Å². The fraction of sp³-hybridized carbons (Fsp3) is 0.0625. The molecule has 0 spiro atoms. The lowest BCUT2D eigenvalue weighted by Crippen LogP contribution is -2.15. The molecule has 0 aliphatic carbocycles. The second kappa shape index (κ2) is 7.22. The van der Waals surface area contributed by atoms with Gasteiger partial charge in [-0.2, -0.15) is 8.42 Å². The highest BCUT2D eigenvalue weighted by atomic mass is 35.5. The van der Waals surface area contributed by atoms with Gasteiger partial charge in [-0.3, -0.25) is 9.44 Å². The summed E-state index contributed by atoms with van der Waals surface area (Å²) in [5, 5.41) is 0.307. The summed E-state index contributed by atoms with van der Waals surface area (Å²) in [7, 11) is -6.20. The molecule has 8 nitrogen and oxygen atoms in total. The van der Waals surface area contributed by atoms with E-state index in [2.05, 4.69) is 14.4 Å². The molecular weight excluding hydrogens is 412 g/mol. The Morgan fingerprint density at radius 3 is 2.22 bits per heavy atom. The van der Waals surface area contributed by atoms with Gasteiger partial charge in [0.05, 0.1) is 16.9 Å². The normalized spacial score (nSPS) is 11.9. The molecule has 0 bridgehead atoms. The number of halogens is 1. The molecule has 2 N–H and O–H groups in total. The molecule has 0 fully saturated rings. The molecule has 0 aliphatic heterocycles. The number of rotatable bonds is 6. The maximum atomic E-state index is 12.5. The van der Waals surface area contributed by atoms with Crippen LogP contribution in [0.25, 0.3) is 0 Å². The van der Waals surface area contributed by atoms with Gasteiger partial charge in [0.15, 0.2) is 5.03 Å².